The SMILES string of the molecule is CCCCC(=O)O[C@@H](C)CC(N)(Cc1ccc(OC(=O)OCC(C)(C)C)c(OC(=O)OCC(C)(C)C)c1)C(=O)O. The zero-order valence-electron chi connectivity index (χ0n) is 25.0. The summed E-state index contributed by atoms with van der Waals surface area (Å²) in [5, 5.41) is 9.92. The first-order chi connectivity index (χ1) is 18.3. The Balaban J connectivity index is 3.18. The van der Waals surface area contributed by atoms with E-state index >= 15 is 0 Å². The molecule has 0 amide bonds. The minimum Gasteiger partial charge on any atom is -0.480 e. The summed E-state index contributed by atoms with van der Waals surface area (Å²) in [5.41, 5.74) is 4.19. The monoisotopic (exact) mass is 567 g/mol. The molecule has 2 atom stereocenters. The predicted octanol–water partition coefficient (Wildman–Crippen LogP) is 5.65. The van der Waals surface area contributed by atoms with Gasteiger partial charge in [-0.1, -0.05) is 61.0 Å². The second-order valence-corrected chi connectivity index (χ2v) is 12.4. The molecule has 1 aromatic carbocycles. The van der Waals surface area contributed by atoms with E-state index < -0.39 is 35.9 Å². The summed E-state index contributed by atoms with van der Waals surface area (Å²) in [6.45, 7) is 14.9. The van der Waals surface area contributed by atoms with Gasteiger partial charge in [0, 0.05) is 19.3 Å². The molecule has 0 radical (unpaired) electrons. The maximum Gasteiger partial charge on any atom is 0.513 e. The molecular formula is C29H45NO10. The summed E-state index contributed by atoms with van der Waals surface area (Å²) < 4.78 is 26.2. The molecule has 0 aliphatic carbocycles. The van der Waals surface area contributed by atoms with Crippen LogP contribution in [-0.4, -0.2) is 54.2 Å². The van der Waals surface area contributed by atoms with Crippen LogP contribution >= 0.6 is 0 Å². The Bertz CT molecular complexity index is 1020. The highest BCUT2D eigenvalue weighted by atomic mass is 16.7. The molecule has 1 unspecified atom stereocenters. The molecule has 0 aliphatic rings. The highest BCUT2D eigenvalue weighted by molar-refractivity contribution is 5.79. The number of esters is 1. The zero-order valence-corrected chi connectivity index (χ0v) is 25.0. The van der Waals surface area contributed by atoms with Crippen LogP contribution in [0.3, 0.4) is 0 Å². The molecule has 3 N–H and O–H groups in total. The van der Waals surface area contributed by atoms with Crippen molar-refractivity contribution >= 4 is 24.2 Å². The van der Waals surface area contributed by atoms with Gasteiger partial charge >= 0.3 is 24.2 Å². The Kier molecular flexibility index (Phi) is 12.9. The molecule has 0 bridgehead atoms. The number of unbranched alkanes of at least 4 members (excludes halogenated alkanes) is 1. The van der Waals surface area contributed by atoms with Crippen LogP contribution in [0.5, 0.6) is 11.5 Å². The average Bonchev–Trinajstić information content (AvgIpc) is 2.80. The van der Waals surface area contributed by atoms with Crippen molar-refractivity contribution in [3.05, 3.63) is 23.8 Å². The Labute approximate surface area is 236 Å². The topological polar surface area (TPSA) is 161 Å². The first-order valence-corrected chi connectivity index (χ1v) is 13.4. The highest BCUT2D eigenvalue weighted by Gasteiger charge is 2.37. The van der Waals surface area contributed by atoms with Crippen LogP contribution in [0.15, 0.2) is 18.2 Å². The quantitative estimate of drug-likeness (QED) is 0.172. The van der Waals surface area contributed by atoms with Gasteiger partial charge in [0.1, 0.15) is 11.6 Å². The van der Waals surface area contributed by atoms with Gasteiger partial charge in [-0.3, -0.25) is 9.59 Å². The van der Waals surface area contributed by atoms with Crippen LogP contribution in [0, 0.1) is 10.8 Å². The summed E-state index contributed by atoms with van der Waals surface area (Å²) >= 11 is 0. The van der Waals surface area contributed by atoms with E-state index in [1.165, 1.54) is 18.2 Å². The fourth-order valence-electron chi connectivity index (χ4n) is 3.37. The lowest BCUT2D eigenvalue weighted by Gasteiger charge is -2.28. The molecule has 1 aromatic rings. The minimum atomic E-state index is -1.82. The number of carbonyl (C=O) groups excluding carboxylic acids is 3. The number of ether oxygens (including phenoxy) is 5. The average molecular weight is 568 g/mol. The van der Waals surface area contributed by atoms with Crippen LogP contribution in [0.25, 0.3) is 0 Å². The second-order valence-electron chi connectivity index (χ2n) is 12.4. The van der Waals surface area contributed by atoms with E-state index in [2.05, 4.69) is 0 Å². The molecule has 0 saturated carbocycles. The number of carboxylic acid groups (broad SMARTS) is 1. The fourth-order valence-corrected chi connectivity index (χ4v) is 3.37. The molecule has 40 heavy (non-hydrogen) atoms. The van der Waals surface area contributed by atoms with Gasteiger partial charge in [-0.15, -0.1) is 0 Å². The van der Waals surface area contributed by atoms with Gasteiger partial charge in [-0.2, -0.15) is 0 Å². The van der Waals surface area contributed by atoms with Gasteiger partial charge < -0.3 is 34.5 Å². The van der Waals surface area contributed by atoms with Crippen molar-refractivity contribution in [1.29, 1.82) is 0 Å². The molecule has 11 heteroatoms. The maximum absolute atomic E-state index is 12.4. The molecule has 0 spiro atoms. The van der Waals surface area contributed by atoms with Crippen LogP contribution < -0.4 is 15.2 Å². The van der Waals surface area contributed by atoms with Crippen LogP contribution in [-0.2, 0) is 30.2 Å². The molecule has 0 fully saturated rings. The van der Waals surface area contributed by atoms with Gasteiger partial charge in [-0.05, 0) is 41.9 Å². The minimum absolute atomic E-state index is 0.0646. The third-order valence-electron chi connectivity index (χ3n) is 5.31. The van der Waals surface area contributed by atoms with Crippen molar-refractivity contribution in [2.75, 3.05) is 13.2 Å². The number of nitrogens with two attached hydrogens (primary N) is 1. The Morgan fingerprint density at radius 2 is 1.43 bits per heavy atom. The third kappa shape index (κ3) is 13.6. The van der Waals surface area contributed by atoms with Crippen LogP contribution in [0.2, 0.25) is 0 Å². The molecule has 0 aliphatic heterocycles. The summed E-state index contributed by atoms with van der Waals surface area (Å²) in [6, 6.07) is 4.17. The summed E-state index contributed by atoms with van der Waals surface area (Å²) in [5.74, 6) is -2.05. The van der Waals surface area contributed by atoms with Gasteiger partial charge in [0.05, 0.1) is 13.2 Å². The number of carboxylic acids is 1. The number of benzene rings is 1. The molecule has 0 saturated heterocycles. The van der Waals surface area contributed by atoms with E-state index in [0.717, 1.165) is 6.42 Å². The lowest BCUT2D eigenvalue weighted by Crippen LogP contribution is -2.52. The first kappa shape index (κ1) is 34.7. The molecular weight excluding hydrogens is 522 g/mol. The van der Waals surface area contributed by atoms with E-state index in [-0.39, 0.29) is 54.8 Å². The van der Waals surface area contributed by atoms with Crippen molar-refractivity contribution in [3.8, 4) is 11.5 Å². The van der Waals surface area contributed by atoms with E-state index in [0.29, 0.717) is 12.0 Å². The first-order valence-electron chi connectivity index (χ1n) is 13.4. The highest BCUT2D eigenvalue weighted by Crippen LogP contribution is 2.32. The number of hydrogen-bond donors (Lipinski definition) is 2. The molecule has 11 nitrogen and oxygen atoms in total. The molecule has 226 valence electrons. The molecule has 0 heterocycles. The van der Waals surface area contributed by atoms with Crippen LogP contribution in [0.4, 0.5) is 9.59 Å². The van der Waals surface area contributed by atoms with Crippen LogP contribution in [0.1, 0.15) is 86.6 Å². The maximum atomic E-state index is 12.4. The van der Waals surface area contributed by atoms with Crippen molar-refractivity contribution in [3.63, 3.8) is 0 Å². The van der Waals surface area contributed by atoms with Crippen molar-refractivity contribution in [1.82, 2.24) is 0 Å². The van der Waals surface area contributed by atoms with E-state index in [1.807, 2.05) is 48.5 Å². The van der Waals surface area contributed by atoms with Gasteiger partial charge in [0.25, 0.3) is 0 Å². The lowest BCUT2D eigenvalue weighted by molar-refractivity contribution is -0.153. The molecule has 0 aromatic heterocycles. The van der Waals surface area contributed by atoms with E-state index in [9.17, 15) is 24.3 Å². The second kappa shape index (κ2) is 14.9. The van der Waals surface area contributed by atoms with Crippen molar-refractivity contribution in [2.24, 2.45) is 16.6 Å². The van der Waals surface area contributed by atoms with E-state index in [4.69, 9.17) is 29.4 Å². The van der Waals surface area contributed by atoms with E-state index in [1.54, 1.807) is 6.92 Å². The standard InChI is InChI=1S/C29H45NO10/c1-9-10-11-23(31)38-19(2)15-29(30,24(32)33)16-20-12-13-21(39-25(34)36-17-27(3,4)5)22(14-20)40-26(35)37-18-28(6,7)8/h12-14,19H,9-11,15-18,30H2,1-8H3,(H,32,33)/t19-,29?/m0/s1. The predicted molar refractivity (Wildman–Crippen MR) is 147 cm³/mol. The number of carbonyl (C=O) groups is 4. The molecule has 1 rings (SSSR count). The van der Waals surface area contributed by atoms with Crippen molar-refractivity contribution in [2.45, 2.75) is 99.1 Å². The summed E-state index contributed by atoms with van der Waals surface area (Å²) in [4.78, 5) is 48.8. The fraction of sp³-hybridized carbons (Fsp3) is 0.655. The summed E-state index contributed by atoms with van der Waals surface area (Å²) in [6.07, 6.45) is -1.45. The normalized spacial score (nSPS) is 13.9. The largest absolute Gasteiger partial charge is 0.513 e. The van der Waals surface area contributed by atoms with Gasteiger partial charge in [0.15, 0.2) is 11.5 Å². The van der Waals surface area contributed by atoms with Crippen molar-refractivity contribution < 1.29 is 48.0 Å². The summed E-state index contributed by atoms with van der Waals surface area (Å²) in [7, 11) is 0. The third-order valence-corrected chi connectivity index (χ3v) is 5.31. The zero-order chi connectivity index (χ0) is 30.7. The van der Waals surface area contributed by atoms with Gasteiger partial charge in [-0.25, -0.2) is 9.59 Å². The Morgan fingerprint density at radius 3 is 1.90 bits per heavy atom. The Morgan fingerprint density at radius 1 is 0.900 bits per heavy atom. The number of hydrogen-bond acceptors (Lipinski definition) is 10. The van der Waals surface area contributed by atoms with Gasteiger partial charge in [0.2, 0.25) is 0 Å². The Hall–Kier alpha value is -3.34. The number of rotatable bonds is 13. The lowest BCUT2D eigenvalue weighted by atomic mass is 9.86. The number of aliphatic carboxylic acids is 1. The smallest absolute Gasteiger partial charge is 0.480 e.